The van der Waals surface area contributed by atoms with Crippen molar-refractivity contribution in [2.45, 2.75) is 50.5 Å². The van der Waals surface area contributed by atoms with E-state index in [9.17, 15) is 4.79 Å². The van der Waals surface area contributed by atoms with E-state index in [1.807, 2.05) is 54.6 Å². The lowest BCUT2D eigenvalue weighted by Crippen LogP contribution is -2.48. The zero-order valence-electron chi connectivity index (χ0n) is 15.1. The van der Waals surface area contributed by atoms with Crippen molar-refractivity contribution in [3.05, 3.63) is 65.7 Å². The minimum absolute atomic E-state index is 0.122. The van der Waals surface area contributed by atoms with Crippen LogP contribution in [-0.2, 0) is 11.3 Å². The van der Waals surface area contributed by atoms with Gasteiger partial charge in [0.25, 0.3) is 5.91 Å². The van der Waals surface area contributed by atoms with Crippen molar-refractivity contribution in [3.8, 4) is 5.75 Å². The average Bonchev–Trinajstić information content (AvgIpc) is 2.96. The third-order valence-electron chi connectivity index (χ3n) is 5.59. The molecule has 0 spiro atoms. The first kappa shape index (κ1) is 17.1. The maximum atomic E-state index is 13.1. The van der Waals surface area contributed by atoms with Crippen LogP contribution in [0.4, 0.5) is 0 Å². The van der Waals surface area contributed by atoms with Crippen molar-refractivity contribution in [2.24, 2.45) is 0 Å². The van der Waals surface area contributed by atoms with Crippen LogP contribution in [0, 0.1) is 0 Å². The highest BCUT2D eigenvalue weighted by Crippen LogP contribution is 2.37. The van der Waals surface area contributed by atoms with Crippen LogP contribution in [0.15, 0.2) is 54.6 Å². The minimum Gasteiger partial charge on any atom is -0.489 e. The summed E-state index contributed by atoms with van der Waals surface area (Å²) >= 11 is 0. The van der Waals surface area contributed by atoms with Gasteiger partial charge in [-0.15, -0.1) is 0 Å². The van der Waals surface area contributed by atoms with Crippen LogP contribution in [0.1, 0.15) is 41.6 Å². The summed E-state index contributed by atoms with van der Waals surface area (Å²) in [7, 11) is 1.77. The molecular weight excluding hydrogens is 326 g/mol. The maximum Gasteiger partial charge on any atom is 0.254 e. The fraction of sp³-hybridized carbons (Fsp3) is 0.409. The smallest absolute Gasteiger partial charge is 0.254 e. The predicted molar refractivity (Wildman–Crippen MR) is 100 cm³/mol. The van der Waals surface area contributed by atoms with Crippen molar-refractivity contribution in [3.63, 3.8) is 0 Å². The molecule has 2 saturated heterocycles. The molecule has 4 rings (SSSR count). The summed E-state index contributed by atoms with van der Waals surface area (Å²) in [5.74, 6) is 0.857. The molecule has 2 unspecified atom stereocenters. The van der Waals surface area contributed by atoms with E-state index in [2.05, 4.69) is 4.90 Å². The molecule has 2 bridgehead atoms. The summed E-state index contributed by atoms with van der Waals surface area (Å²) in [5.41, 5.74) is 1.83. The molecule has 0 radical (unpaired) electrons. The van der Waals surface area contributed by atoms with E-state index in [-0.39, 0.29) is 12.0 Å². The highest BCUT2D eigenvalue weighted by molar-refractivity contribution is 5.95. The van der Waals surface area contributed by atoms with E-state index in [0.717, 1.165) is 37.0 Å². The van der Waals surface area contributed by atoms with E-state index in [4.69, 9.17) is 9.47 Å². The molecule has 1 amide bonds. The van der Waals surface area contributed by atoms with Gasteiger partial charge in [0.15, 0.2) is 0 Å². The Morgan fingerprint density at radius 3 is 2.46 bits per heavy atom. The van der Waals surface area contributed by atoms with Crippen LogP contribution in [-0.4, -0.2) is 36.1 Å². The number of carbonyl (C=O) groups excluding carboxylic acids is 1. The van der Waals surface area contributed by atoms with Crippen LogP contribution in [0.2, 0.25) is 0 Å². The van der Waals surface area contributed by atoms with Crippen molar-refractivity contribution in [1.29, 1.82) is 0 Å². The Balaban J connectivity index is 1.45. The summed E-state index contributed by atoms with van der Waals surface area (Å²) in [6.45, 7) is 0.503. The maximum absolute atomic E-state index is 13.1. The van der Waals surface area contributed by atoms with Gasteiger partial charge >= 0.3 is 0 Å². The van der Waals surface area contributed by atoms with Gasteiger partial charge in [0.2, 0.25) is 0 Å². The summed E-state index contributed by atoms with van der Waals surface area (Å²) in [4.78, 5) is 15.2. The molecule has 2 aromatic rings. The number of fused-ring (bicyclic) bond motifs is 2. The summed E-state index contributed by atoms with van der Waals surface area (Å²) in [6.07, 6.45) is 4.35. The fourth-order valence-electron chi connectivity index (χ4n) is 4.26. The van der Waals surface area contributed by atoms with Crippen LogP contribution in [0.25, 0.3) is 0 Å². The van der Waals surface area contributed by atoms with Gasteiger partial charge in [0, 0.05) is 24.8 Å². The molecule has 2 heterocycles. The molecule has 2 aromatic carbocycles. The van der Waals surface area contributed by atoms with Crippen LogP contribution in [0.5, 0.6) is 5.75 Å². The van der Waals surface area contributed by atoms with Crippen LogP contribution < -0.4 is 4.74 Å². The number of hydrogen-bond acceptors (Lipinski definition) is 3. The number of benzene rings is 2. The van der Waals surface area contributed by atoms with Gasteiger partial charge in [-0.2, -0.15) is 0 Å². The monoisotopic (exact) mass is 351 g/mol. The molecule has 0 saturated carbocycles. The number of carbonyl (C=O) groups is 1. The average molecular weight is 351 g/mol. The second kappa shape index (κ2) is 7.50. The molecular formula is C22H25NO3. The van der Waals surface area contributed by atoms with Crippen molar-refractivity contribution >= 4 is 5.91 Å². The van der Waals surface area contributed by atoms with Gasteiger partial charge in [0.1, 0.15) is 12.4 Å². The largest absolute Gasteiger partial charge is 0.489 e. The third-order valence-corrected chi connectivity index (χ3v) is 5.59. The van der Waals surface area contributed by atoms with E-state index in [0.29, 0.717) is 24.3 Å². The van der Waals surface area contributed by atoms with E-state index in [1.165, 1.54) is 0 Å². The number of amides is 1. The van der Waals surface area contributed by atoms with Gasteiger partial charge in [-0.25, -0.2) is 0 Å². The first-order chi connectivity index (χ1) is 12.7. The molecule has 0 aromatic heterocycles. The molecule has 136 valence electrons. The lowest BCUT2D eigenvalue weighted by Gasteiger charge is -2.38. The van der Waals surface area contributed by atoms with Gasteiger partial charge in [-0.3, -0.25) is 4.79 Å². The normalized spacial score (nSPS) is 24.5. The topological polar surface area (TPSA) is 38.8 Å². The number of nitrogens with zero attached hydrogens (tertiary/aromatic N) is 1. The summed E-state index contributed by atoms with van der Waals surface area (Å²) in [5, 5.41) is 0. The molecule has 2 fully saturated rings. The third kappa shape index (κ3) is 3.47. The Hall–Kier alpha value is -2.33. The van der Waals surface area contributed by atoms with Gasteiger partial charge in [-0.1, -0.05) is 36.4 Å². The second-order valence-electron chi connectivity index (χ2n) is 7.23. The lowest BCUT2D eigenvalue weighted by atomic mass is 9.98. The number of methoxy groups -OCH3 is 1. The van der Waals surface area contributed by atoms with E-state index < -0.39 is 0 Å². The molecule has 4 heteroatoms. The summed E-state index contributed by atoms with van der Waals surface area (Å²) < 4.78 is 11.4. The minimum atomic E-state index is 0.122. The van der Waals surface area contributed by atoms with Crippen molar-refractivity contribution < 1.29 is 14.3 Å². The molecule has 2 aliphatic heterocycles. The SMILES string of the molecule is COC1CC2CCC(C1)N2C(=O)c1cccc(OCc2ccccc2)c1. The van der Waals surface area contributed by atoms with Crippen LogP contribution >= 0.6 is 0 Å². The fourth-order valence-corrected chi connectivity index (χ4v) is 4.26. The molecule has 4 nitrogen and oxygen atoms in total. The predicted octanol–water partition coefficient (Wildman–Crippen LogP) is 4.05. The second-order valence-corrected chi connectivity index (χ2v) is 7.23. The zero-order valence-corrected chi connectivity index (χ0v) is 15.1. The van der Waals surface area contributed by atoms with Crippen LogP contribution in [0.3, 0.4) is 0 Å². The highest BCUT2D eigenvalue weighted by Gasteiger charge is 2.43. The standard InChI is InChI=1S/C22H25NO3/c1-25-21-13-18-10-11-19(14-21)23(18)22(24)17-8-5-9-20(12-17)26-15-16-6-3-2-4-7-16/h2-9,12,18-19,21H,10-11,13-15H2,1H3. The van der Waals surface area contributed by atoms with E-state index in [1.54, 1.807) is 7.11 Å². The Labute approximate surface area is 154 Å². The number of hydrogen-bond donors (Lipinski definition) is 0. The molecule has 2 aliphatic rings. The molecule has 26 heavy (non-hydrogen) atoms. The highest BCUT2D eigenvalue weighted by atomic mass is 16.5. The van der Waals surface area contributed by atoms with Crippen molar-refractivity contribution in [1.82, 2.24) is 4.90 Å². The number of ether oxygens (including phenoxy) is 2. The number of rotatable bonds is 5. The Morgan fingerprint density at radius 1 is 1.04 bits per heavy atom. The Morgan fingerprint density at radius 2 is 1.77 bits per heavy atom. The molecule has 0 aliphatic carbocycles. The molecule has 2 atom stereocenters. The number of piperidine rings is 1. The van der Waals surface area contributed by atoms with Gasteiger partial charge in [-0.05, 0) is 49.4 Å². The van der Waals surface area contributed by atoms with Gasteiger partial charge in [0.05, 0.1) is 6.10 Å². The zero-order chi connectivity index (χ0) is 17.9. The van der Waals surface area contributed by atoms with E-state index >= 15 is 0 Å². The summed E-state index contributed by atoms with van der Waals surface area (Å²) in [6, 6.07) is 18.2. The Bertz CT molecular complexity index is 747. The van der Waals surface area contributed by atoms with Crippen molar-refractivity contribution in [2.75, 3.05) is 7.11 Å². The first-order valence-corrected chi connectivity index (χ1v) is 9.37. The lowest BCUT2D eigenvalue weighted by molar-refractivity contribution is 0.00820. The first-order valence-electron chi connectivity index (χ1n) is 9.37. The van der Waals surface area contributed by atoms with Gasteiger partial charge < -0.3 is 14.4 Å². The quantitative estimate of drug-likeness (QED) is 0.816. The Kier molecular flexibility index (Phi) is 4.93. The molecule has 0 N–H and O–H groups in total.